The van der Waals surface area contributed by atoms with Crippen LogP contribution in [0.5, 0.6) is 0 Å². The van der Waals surface area contributed by atoms with Crippen LogP contribution in [0.3, 0.4) is 0 Å². The van der Waals surface area contributed by atoms with Crippen LogP contribution >= 0.6 is 0 Å². The Hall–Kier alpha value is -0.160. The summed E-state index contributed by atoms with van der Waals surface area (Å²) in [6, 6.07) is 0. The molecule has 4 heteroatoms. The van der Waals surface area contributed by atoms with E-state index in [1.54, 1.807) is 6.92 Å². The molecule has 0 spiro atoms. The Balaban J connectivity index is 0. The summed E-state index contributed by atoms with van der Waals surface area (Å²) in [5.74, 6) is 0. The maximum absolute atomic E-state index is 8.94. The van der Waals surface area contributed by atoms with Crippen LogP contribution in [0.2, 0.25) is 0 Å². The van der Waals surface area contributed by atoms with Gasteiger partial charge in [-0.3, -0.25) is 4.90 Å². The Kier molecular flexibility index (Phi) is 13.0. The number of hydrogen-bond acceptors (Lipinski definition) is 4. The van der Waals surface area contributed by atoms with E-state index in [2.05, 4.69) is 0 Å². The van der Waals surface area contributed by atoms with Crippen molar-refractivity contribution in [3.8, 4) is 0 Å². The smallest absolute Gasteiger partial charge is 0.104 e. The van der Waals surface area contributed by atoms with Crippen LogP contribution in [0.4, 0.5) is 0 Å². The number of nitrogens with zero attached hydrogens (tertiary/aromatic N) is 1. The molecule has 1 atom stereocenters. The first-order chi connectivity index (χ1) is 5.63. The van der Waals surface area contributed by atoms with E-state index in [-0.39, 0.29) is 12.8 Å². The molecular weight excluding hydrogens is 156 g/mol. The molecule has 0 aliphatic heterocycles. The standard InChI is InChI=1S/C6H15NO.C2H7NO/c1-4-7(5-2)6(3)8;3-1-2-4/h6,8H,4-5H2,1-3H3;4H,1-3H2. The van der Waals surface area contributed by atoms with E-state index in [0.717, 1.165) is 13.1 Å². The van der Waals surface area contributed by atoms with Crippen LogP contribution in [0.25, 0.3) is 0 Å². The van der Waals surface area contributed by atoms with Gasteiger partial charge < -0.3 is 15.9 Å². The Morgan fingerprint density at radius 1 is 1.33 bits per heavy atom. The van der Waals surface area contributed by atoms with Crippen LogP contribution in [-0.4, -0.2) is 47.6 Å². The number of rotatable bonds is 4. The van der Waals surface area contributed by atoms with Crippen LogP contribution in [0.15, 0.2) is 0 Å². The van der Waals surface area contributed by atoms with Crippen molar-refractivity contribution in [1.82, 2.24) is 4.90 Å². The largest absolute Gasteiger partial charge is 0.395 e. The fourth-order valence-corrected chi connectivity index (χ4v) is 0.752. The molecule has 0 rings (SSSR count). The summed E-state index contributed by atoms with van der Waals surface area (Å²) in [6.07, 6.45) is -0.287. The van der Waals surface area contributed by atoms with Gasteiger partial charge in [0.25, 0.3) is 0 Å². The number of nitrogens with two attached hydrogens (primary N) is 1. The van der Waals surface area contributed by atoms with Crippen molar-refractivity contribution in [2.45, 2.75) is 27.0 Å². The highest BCUT2D eigenvalue weighted by atomic mass is 16.3. The molecule has 4 N–H and O–H groups in total. The zero-order chi connectivity index (χ0) is 9.98. The highest BCUT2D eigenvalue weighted by Crippen LogP contribution is 1.91. The summed E-state index contributed by atoms with van der Waals surface area (Å²) in [4.78, 5) is 1.97. The molecule has 0 aliphatic rings. The summed E-state index contributed by atoms with van der Waals surface area (Å²) >= 11 is 0. The molecule has 0 aromatic heterocycles. The van der Waals surface area contributed by atoms with Gasteiger partial charge in [-0.25, -0.2) is 0 Å². The van der Waals surface area contributed by atoms with Crippen LogP contribution < -0.4 is 5.73 Å². The summed E-state index contributed by atoms with van der Waals surface area (Å²) in [5, 5.41) is 16.7. The van der Waals surface area contributed by atoms with Gasteiger partial charge in [0.1, 0.15) is 6.23 Å². The predicted octanol–water partition coefficient (Wildman–Crippen LogP) is -0.396. The van der Waals surface area contributed by atoms with E-state index in [4.69, 9.17) is 15.9 Å². The van der Waals surface area contributed by atoms with Gasteiger partial charge in [-0.1, -0.05) is 13.8 Å². The first kappa shape index (κ1) is 14.4. The fraction of sp³-hybridized carbons (Fsp3) is 1.00. The highest BCUT2D eigenvalue weighted by molar-refractivity contribution is 4.49. The molecule has 0 aromatic rings. The van der Waals surface area contributed by atoms with Gasteiger partial charge in [0.2, 0.25) is 0 Å². The van der Waals surface area contributed by atoms with Gasteiger partial charge in [0.05, 0.1) is 6.61 Å². The molecule has 4 nitrogen and oxygen atoms in total. The lowest BCUT2D eigenvalue weighted by atomic mass is 10.5. The zero-order valence-electron chi connectivity index (χ0n) is 8.32. The normalized spacial score (nSPS) is 12.2. The quantitative estimate of drug-likeness (QED) is 0.513. The third kappa shape index (κ3) is 9.84. The molecule has 0 aromatic carbocycles. The Labute approximate surface area is 75.0 Å². The molecule has 0 amide bonds. The Morgan fingerprint density at radius 3 is 1.67 bits per heavy atom. The molecule has 1 unspecified atom stereocenters. The lowest BCUT2D eigenvalue weighted by Gasteiger charge is -2.20. The van der Waals surface area contributed by atoms with Gasteiger partial charge >= 0.3 is 0 Å². The minimum absolute atomic E-state index is 0.0972. The van der Waals surface area contributed by atoms with Crippen molar-refractivity contribution in [2.24, 2.45) is 5.73 Å². The predicted molar refractivity (Wildman–Crippen MR) is 50.7 cm³/mol. The van der Waals surface area contributed by atoms with E-state index in [9.17, 15) is 0 Å². The van der Waals surface area contributed by atoms with Crippen molar-refractivity contribution >= 4 is 0 Å². The Morgan fingerprint density at radius 2 is 1.67 bits per heavy atom. The van der Waals surface area contributed by atoms with Gasteiger partial charge in [-0.2, -0.15) is 0 Å². The first-order valence-corrected chi connectivity index (χ1v) is 4.36. The first-order valence-electron chi connectivity index (χ1n) is 4.36. The van der Waals surface area contributed by atoms with E-state index in [0.29, 0.717) is 6.54 Å². The van der Waals surface area contributed by atoms with E-state index in [1.165, 1.54) is 0 Å². The third-order valence-electron chi connectivity index (χ3n) is 1.47. The number of aliphatic hydroxyl groups is 2. The zero-order valence-corrected chi connectivity index (χ0v) is 8.32. The van der Waals surface area contributed by atoms with Crippen molar-refractivity contribution in [3.63, 3.8) is 0 Å². The van der Waals surface area contributed by atoms with Crippen molar-refractivity contribution in [3.05, 3.63) is 0 Å². The highest BCUT2D eigenvalue weighted by Gasteiger charge is 2.02. The SMILES string of the molecule is CCN(CC)C(C)O.NCCO. The lowest BCUT2D eigenvalue weighted by Crippen LogP contribution is -2.32. The van der Waals surface area contributed by atoms with Crippen LogP contribution in [0, 0.1) is 0 Å². The summed E-state index contributed by atoms with van der Waals surface area (Å²) in [6.45, 7) is 8.18. The summed E-state index contributed by atoms with van der Waals surface area (Å²) < 4.78 is 0. The molecule has 0 fully saturated rings. The number of aliphatic hydroxyl groups excluding tert-OH is 2. The van der Waals surface area contributed by atoms with Crippen LogP contribution in [0.1, 0.15) is 20.8 Å². The molecular formula is C8H22N2O2. The van der Waals surface area contributed by atoms with E-state index < -0.39 is 0 Å². The Bertz CT molecular complexity index is 73.5. The maximum atomic E-state index is 8.94. The summed E-state index contributed by atoms with van der Waals surface area (Å²) in [7, 11) is 0. The van der Waals surface area contributed by atoms with E-state index in [1.807, 2.05) is 18.7 Å². The second kappa shape index (κ2) is 10.8. The monoisotopic (exact) mass is 178 g/mol. The lowest BCUT2D eigenvalue weighted by molar-refractivity contribution is 0.0265. The molecule has 0 saturated carbocycles. The molecule has 0 saturated heterocycles. The average Bonchev–Trinajstić information content (AvgIpc) is 2.07. The van der Waals surface area contributed by atoms with Crippen LogP contribution in [-0.2, 0) is 0 Å². The second-order valence-corrected chi connectivity index (χ2v) is 2.37. The third-order valence-corrected chi connectivity index (χ3v) is 1.47. The average molecular weight is 178 g/mol. The second-order valence-electron chi connectivity index (χ2n) is 2.37. The summed E-state index contributed by atoms with van der Waals surface area (Å²) in [5.41, 5.74) is 4.78. The molecule has 0 aliphatic carbocycles. The fourth-order valence-electron chi connectivity index (χ4n) is 0.752. The molecule has 0 heterocycles. The maximum Gasteiger partial charge on any atom is 0.104 e. The molecule has 12 heavy (non-hydrogen) atoms. The van der Waals surface area contributed by atoms with Crippen molar-refractivity contribution < 1.29 is 10.2 Å². The van der Waals surface area contributed by atoms with Gasteiger partial charge in [0, 0.05) is 6.54 Å². The molecule has 76 valence electrons. The van der Waals surface area contributed by atoms with Crippen molar-refractivity contribution in [2.75, 3.05) is 26.2 Å². The van der Waals surface area contributed by atoms with Gasteiger partial charge in [0.15, 0.2) is 0 Å². The molecule has 0 bridgehead atoms. The van der Waals surface area contributed by atoms with Gasteiger partial charge in [-0.15, -0.1) is 0 Å². The van der Waals surface area contributed by atoms with E-state index >= 15 is 0 Å². The number of hydrogen-bond donors (Lipinski definition) is 3. The minimum Gasteiger partial charge on any atom is -0.395 e. The molecule has 0 radical (unpaired) electrons. The topological polar surface area (TPSA) is 69.7 Å². The minimum atomic E-state index is -0.287. The van der Waals surface area contributed by atoms with Gasteiger partial charge in [-0.05, 0) is 20.0 Å². The van der Waals surface area contributed by atoms with Crippen molar-refractivity contribution in [1.29, 1.82) is 0 Å².